The third-order valence-electron chi connectivity index (χ3n) is 2.60. The second kappa shape index (κ2) is 6.02. The fraction of sp³-hybridized carbons (Fsp3) is 0.700. The summed E-state index contributed by atoms with van der Waals surface area (Å²) >= 11 is 0. The Kier molecular flexibility index (Phi) is 5.11. The fourth-order valence-corrected chi connectivity index (χ4v) is 3.50. The van der Waals surface area contributed by atoms with Gasteiger partial charge in [0.05, 0.1) is 5.75 Å². The molecule has 1 rings (SSSR count). The second-order valence-corrected chi connectivity index (χ2v) is 8.05. The van der Waals surface area contributed by atoms with Crippen molar-refractivity contribution in [1.29, 1.82) is 0 Å². The number of hydrogen-bond acceptors (Lipinski definition) is 5. The number of sulfonamides is 1. The van der Waals surface area contributed by atoms with Gasteiger partial charge in [-0.25, -0.2) is 27.0 Å². The van der Waals surface area contributed by atoms with Gasteiger partial charge in [0.15, 0.2) is 14.9 Å². The summed E-state index contributed by atoms with van der Waals surface area (Å²) in [5, 5.41) is 4.78. The lowest BCUT2D eigenvalue weighted by molar-refractivity contribution is 0.585. The number of imidazole rings is 1. The Bertz CT molecular complexity index is 632. The Hall–Kier alpha value is -0.930. The molecule has 0 unspecified atom stereocenters. The zero-order valence-electron chi connectivity index (χ0n) is 11.0. The summed E-state index contributed by atoms with van der Waals surface area (Å²) in [5.41, 5.74) is 0. The van der Waals surface area contributed by atoms with E-state index in [-0.39, 0.29) is 23.1 Å². The SMILES string of the molecule is CCCS(=O)(=O)CCn1cc(S(N)(=O)=O)nc1CC. The van der Waals surface area contributed by atoms with Gasteiger partial charge < -0.3 is 4.57 Å². The molecule has 19 heavy (non-hydrogen) atoms. The van der Waals surface area contributed by atoms with Crippen LogP contribution in [0.3, 0.4) is 0 Å². The largest absolute Gasteiger partial charge is 0.332 e. The lowest BCUT2D eigenvalue weighted by atomic mass is 10.4. The van der Waals surface area contributed by atoms with Crippen LogP contribution in [0.5, 0.6) is 0 Å². The summed E-state index contributed by atoms with van der Waals surface area (Å²) < 4.78 is 47.2. The highest BCUT2D eigenvalue weighted by atomic mass is 32.2. The van der Waals surface area contributed by atoms with Crippen molar-refractivity contribution in [3.63, 3.8) is 0 Å². The van der Waals surface area contributed by atoms with Crippen molar-refractivity contribution in [2.45, 2.75) is 38.3 Å². The predicted molar refractivity (Wildman–Crippen MR) is 71.9 cm³/mol. The van der Waals surface area contributed by atoms with Gasteiger partial charge in [0.25, 0.3) is 10.0 Å². The monoisotopic (exact) mass is 309 g/mol. The minimum absolute atomic E-state index is 0.0335. The average molecular weight is 309 g/mol. The Balaban J connectivity index is 2.93. The van der Waals surface area contributed by atoms with E-state index in [9.17, 15) is 16.8 Å². The van der Waals surface area contributed by atoms with Crippen molar-refractivity contribution >= 4 is 19.9 Å². The number of nitrogens with zero attached hydrogens (tertiary/aromatic N) is 2. The molecule has 0 atom stereocenters. The molecule has 0 amide bonds. The molecule has 7 nitrogen and oxygen atoms in total. The molecule has 0 radical (unpaired) electrons. The van der Waals surface area contributed by atoms with Crippen LogP contribution in [-0.2, 0) is 32.8 Å². The highest BCUT2D eigenvalue weighted by Crippen LogP contribution is 2.09. The van der Waals surface area contributed by atoms with Gasteiger partial charge in [0.2, 0.25) is 0 Å². The van der Waals surface area contributed by atoms with Gasteiger partial charge in [-0.2, -0.15) is 0 Å². The van der Waals surface area contributed by atoms with Crippen LogP contribution in [0.25, 0.3) is 0 Å². The van der Waals surface area contributed by atoms with Crippen molar-refractivity contribution in [3.8, 4) is 0 Å². The van der Waals surface area contributed by atoms with Gasteiger partial charge in [0.1, 0.15) is 5.82 Å². The first-order valence-electron chi connectivity index (χ1n) is 5.99. The summed E-state index contributed by atoms with van der Waals surface area (Å²) in [5.74, 6) is 0.607. The molecular weight excluding hydrogens is 290 g/mol. The fourth-order valence-electron chi connectivity index (χ4n) is 1.69. The third-order valence-corrected chi connectivity index (χ3v) is 5.22. The van der Waals surface area contributed by atoms with Crippen LogP contribution in [0.4, 0.5) is 0 Å². The molecule has 0 aromatic carbocycles. The molecule has 1 aromatic heterocycles. The summed E-state index contributed by atoms with van der Waals surface area (Å²) in [7, 11) is -6.97. The molecule has 0 spiro atoms. The van der Waals surface area contributed by atoms with Gasteiger partial charge in [-0.3, -0.25) is 0 Å². The molecule has 0 bridgehead atoms. The number of hydrogen-bond donors (Lipinski definition) is 1. The van der Waals surface area contributed by atoms with Crippen molar-refractivity contribution in [2.24, 2.45) is 5.14 Å². The smallest absolute Gasteiger partial charge is 0.257 e. The maximum atomic E-state index is 11.6. The molecule has 0 aliphatic heterocycles. The maximum Gasteiger partial charge on any atom is 0.257 e. The first kappa shape index (κ1) is 16.1. The normalized spacial score (nSPS) is 12.8. The van der Waals surface area contributed by atoms with E-state index in [1.165, 1.54) is 10.8 Å². The number of nitrogens with two attached hydrogens (primary N) is 1. The Morgan fingerprint density at radius 1 is 1.21 bits per heavy atom. The second-order valence-electron chi connectivity index (χ2n) is 4.24. The molecule has 0 aliphatic rings. The molecule has 0 saturated heterocycles. The number of primary sulfonamides is 1. The van der Waals surface area contributed by atoms with E-state index in [1.807, 2.05) is 6.92 Å². The highest BCUT2D eigenvalue weighted by molar-refractivity contribution is 7.91. The van der Waals surface area contributed by atoms with Crippen LogP contribution in [0.1, 0.15) is 26.1 Å². The van der Waals surface area contributed by atoms with Crippen LogP contribution in [-0.4, -0.2) is 37.9 Å². The number of aromatic nitrogens is 2. The maximum absolute atomic E-state index is 11.6. The molecule has 0 saturated carbocycles. The Morgan fingerprint density at radius 3 is 2.32 bits per heavy atom. The summed E-state index contributed by atoms with van der Waals surface area (Å²) in [6.07, 6.45) is 2.36. The molecule has 1 heterocycles. The quantitative estimate of drug-likeness (QED) is 0.757. The summed E-state index contributed by atoms with van der Waals surface area (Å²) in [6, 6.07) is 0. The molecule has 110 valence electrons. The van der Waals surface area contributed by atoms with Crippen molar-refractivity contribution in [1.82, 2.24) is 9.55 Å². The molecule has 0 aliphatic carbocycles. The predicted octanol–water partition coefficient (Wildman–Crippen LogP) is -0.0823. The van der Waals surface area contributed by atoms with E-state index < -0.39 is 19.9 Å². The average Bonchev–Trinajstić information content (AvgIpc) is 2.69. The first-order chi connectivity index (χ1) is 8.69. The lowest BCUT2D eigenvalue weighted by Gasteiger charge is -2.06. The van der Waals surface area contributed by atoms with Gasteiger partial charge >= 0.3 is 0 Å². The van der Waals surface area contributed by atoms with E-state index >= 15 is 0 Å². The lowest BCUT2D eigenvalue weighted by Crippen LogP contribution is -2.16. The van der Waals surface area contributed by atoms with Gasteiger partial charge in [0, 0.05) is 24.9 Å². The van der Waals surface area contributed by atoms with Crippen LogP contribution >= 0.6 is 0 Å². The van der Waals surface area contributed by atoms with Crippen LogP contribution in [0, 0.1) is 0 Å². The summed E-state index contributed by atoms with van der Waals surface area (Å²) in [4.78, 5) is 3.90. The summed E-state index contributed by atoms with van der Waals surface area (Å²) in [6.45, 7) is 3.80. The zero-order chi connectivity index (χ0) is 14.7. The van der Waals surface area contributed by atoms with Crippen molar-refractivity contribution in [2.75, 3.05) is 11.5 Å². The van der Waals surface area contributed by atoms with Crippen LogP contribution in [0.2, 0.25) is 0 Å². The standard InChI is InChI=1S/C10H19N3O4S2/c1-3-6-18(14,15)7-5-13-8-10(19(11,16)17)12-9(13)4-2/h8H,3-7H2,1-2H3,(H2,11,16,17). The highest BCUT2D eigenvalue weighted by Gasteiger charge is 2.17. The minimum atomic E-state index is -3.86. The minimum Gasteiger partial charge on any atom is -0.332 e. The molecule has 1 aromatic rings. The van der Waals surface area contributed by atoms with E-state index in [0.29, 0.717) is 18.7 Å². The Labute approximate surface area is 113 Å². The molecule has 9 heteroatoms. The molecular formula is C10H19N3O4S2. The van der Waals surface area contributed by atoms with Gasteiger partial charge in [-0.15, -0.1) is 0 Å². The topological polar surface area (TPSA) is 112 Å². The van der Waals surface area contributed by atoms with E-state index in [4.69, 9.17) is 5.14 Å². The van der Waals surface area contributed by atoms with Crippen molar-refractivity contribution < 1.29 is 16.8 Å². The van der Waals surface area contributed by atoms with Crippen LogP contribution < -0.4 is 5.14 Å². The van der Waals surface area contributed by atoms with Crippen LogP contribution in [0.15, 0.2) is 11.2 Å². The van der Waals surface area contributed by atoms with E-state index in [0.717, 1.165) is 0 Å². The van der Waals surface area contributed by atoms with Crippen molar-refractivity contribution in [3.05, 3.63) is 12.0 Å². The first-order valence-corrected chi connectivity index (χ1v) is 9.35. The van der Waals surface area contributed by atoms with Gasteiger partial charge in [-0.05, 0) is 6.42 Å². The third kappa shape index (κ3) is 4.59. The zero-order valence-corrected chi connectivity index (χ0v) is 12.7. The Morgan fingerprint density at radius 2 is 1.84 bits per heavy atom. The van der Waals surface area contributed by atoms with E-state index in [1.54, 1.807) is 6.92 Å². The molecule has 2 N–H and O–H groups in total. The number of aryl methyl sites for hydroxylation is 2. The molecule has 0 fully saturated rings. The number of rotatable bonds is 7. The number of sulfone groups is 1. The van der Waals surface area contributed by atoms with Gasteiger partial charge in [-0.1, -0.05) is 13.8 Å². The van der Waals surface area contributed by atoms with E-state index in [2.05, 4.69) is 4.98 Å².